The van der Waals surface area contributed by atoms with E-state index in [9.17, 15) is 26.1 Å². The number of pyridine rings is 3. The monoisotopic (exact) mass is 985 g/mol. The van der Waals surface area contributed by atoms with E-state index < -0.39 is 44.8 Å². The Labute approximate surface area is 399 Å². The zero-order chi connectivity index (χ0) is 47.3. The molecule has 0 saturated carbocycles. The van der Waals surface area contributed by atoms with Crippen molar-refractivity contribution in [3.05, 3.63) is 180 Å². The number of aromatic nitrogens is 7. The van der Waals surface area contributed by atoms with Gasteiger partial charge < -0.3 is 14.5 Å². The molecule has 2 aromatic carbocycles. The Hall–Kier alpha value is -7.33. The molecule has 0 unspecified atom stereocenters. The summed E-state index contributed by atoms with van der Waals surface area (Å²) in [5.41, 5.74) is 6.59. The van der Waals surface area contributed by atoms with Gasteiger partial charge in [-0.1, -0.05) is 42.0 Å². The zero-order valence-corrected chi connectivity index (χ0v) is 40.5. The molecule has 8 heterocycles. The molecule has 2 aliphatic rings. The third kappa shape index (κ3) is 9.07. The molecule has 8 bridgehead atoms. The minimum Gasteiger partial charge on any atom is -0.744 e. The first-order valence-corrected chi connectivity index (χ1v) is 21.9. The molecule has 2 aliphatic heterocycles. The molecular weight excluding hydrogens is 951 g/mol. The molecule has 0 aliphatic carbocycles. The molecule has 6 aromatic heterocycles. The van der Waals surface area contributed by atoms with Crippen LogP contribution in [0.15, 0.2) is 127 Å². The maximum atomic E-state index is 15.8. The number of hydrogen-bond acceptors (Lipinski definition) is 5. The first-order valence-electron chi connectivity index (χ1n) is 20.5. The van der Waals surface area contributed by atoms with Crippen molar-refractivity contribution in [2.45, 2.75) is 11.8 Å². The molecule has 0 spiro atoms. The Morgan fingerprint density at radius 2 is 0.735 bits per heavy atom. The van der Waals surface area contributed by atoms with Gasteiger partial charge in [0, 0.05) is 36.4 Å². The smallest absolute Gasteiger partial charge is 0.744 e. The zero-order valence-electron chi connectivity index (χ0n) is 36.7. The Kier molecular flexibility index (Phi) is 13.0. The Morgan fingerprint density at radius 1 is 0.441 bits per heavy atom. The second kappa shape index (κ2) is 18.7. The summed E-state index contributed by atoms with van der Waals surface area (Å²) >= 11 is 0. The molecule has 0 N–H and O–H groups in total. The number of aryl methyl sites for hydroxylation is 4. The molecule has 68 heavy (non-hydrogen) atoms. The quantitative estimate of drug-likeness (QED) is 0.0423. The summed E-state index contributed by atoms with van der Waals surface area (Å²) in [6.07, 6.45) is 18.2. The van der Waals surface area contributed by atoms with Crippen molar-refractivity contribution in [1.29, 1.82) is 0 Å². The molecule has 334 valence electrons. The SMILES string of the molecule is C[n+]1ccc(-c2c3nc(c(-c4cc[n+](C)cc4)c4ccc([n-]4)c(-c4c(F)c(F)c(F)c(F)c4F)c4nc(c(-c5cc[n+](C)cc5)c5ccc2[n-]5)C=C4)C=C3)cc1.Cc1ccc(S(=O)(=O)[O-])cc1.[Zn+2]. The second-order valence-electron chi connectivity index (χ2n) is 15.8. The third-order valence-corrected chi connectivity index (χ3v) is 12.0. The van der Waals surface area contributed by atoms with Crippen LogP contribution in [0.4, 0.5) is 22.0 Å². The fourth-order valence-electron chi connectivity index (χ4n) is 7.76. The van der Waals surface area contributed by atoms with Crippen molar-refractivity contribution >= 4 is 56.5 Å². The standard InChI is InChI=1S/C44H29F5N7.C7H8O3S.Zn/c1-54-18-12-24(13-19-54)35-27-4-6-29(50-27)36(25-14-20-55(2)21-15-25)31-8-10-33(52-31)38(39-40(45)42(47)44(49)43(48)41(39)46)34-11-9-32(53-34)37(30-7-5-28(35)51-30)26-16-22-56(3)23-17-26;1-6-2-4-7(5-3-6)11(8,9)10;/h4-23H,1-3H3;2-5H,1H3,(H,8,9,10);/q+1;;+2/p-1. The van der Waals surface area contributed by atoms with Gasteiger partial charge in [0.25, 0.3) is 0 Å². The summed E-state index contributed by atoms with van der Waals surface area (Å²) in [6.45, 7) is 1.82. The number of rotatable bonds is 5. The normalized spacial score (nSPS) is 11.9. The van der Waals surface area contributed by atoms with Crippen molar-refractivity contribution < 1.29 is 68.1 Å². The van der Waals surface area contributed by atoms with Crippen LogP contribution in [0.25, 0.3) is 90.9 Å². The molecule has 0 saturated heterocycles. The minimum absolute atomic E-state index is 0. The molecule has 10 rings (SSSR count). The molecule has 10 nitrogen and oxygen atoms in total. The van der Waals surface area contributed by atoms with Gasteiger partial charge >= 0.3 is 19.5 Å². The van der Waals surface area contributed by atoms with E-state index in [4.69, 9.17) is 19.9 Å². The van der Waals surface area contributed by atoms with E-state index in [1.165, 1.54) is 24.3 Å². The molecule has 0 atom stereocenters. The average Bonchev–Trinajstić information content (AvgIpc) is 4.16. The Bertz CT molecular complexity index is 3560. The van der Waals surface area contributed by atoms with E-state index >= 15 is 8.78 Å². The predicted octanol–water partition coefficient (Wildman–Crippen LogP) is 8.65. The molecule has 17 heteroatoms. The summed E-state index contributed by atoms with van der Waals surface area (Å²) in [5, 5.41) is 0. The van der Waals surface area contributed by atoms with Crippen molar-refractivity contribution in [3.63, 3.8) is 0 Å². The Balaban J connectivity index is 0.000000461. The molecule has 0 amide bonds. The van der Waals surface area contributed by atoms with Gasteiger partial charge in [-0.15, -0.1) is 22.1 Å². The number of halogens is 5. The summed E-state index contributed by atoms with van der Waals surface area (Å²) in [6, 6.07) is 24.2. The first-order chi connectivity index (χ1) is 32.0. The number of nitrogens with zero attached hydrogens (tertiary/aromatic N) is 7. The summed E-state index contributed by atoms with van der Waals surface area (Å²) < 4.78 is 113. The minimum atomic E-state index is -4.27. The van der Waals surface area contributed by atoms with E-state index in [1.54, 1.807) is 24.3 Å². The number of hydrogen-bond donors (Lipinski definition) is 0. The fraction of sp³-hybridized carbons (Fsp3) is 0.0784. The molecule has 0 radical (unpaired) electrons. The topological polar surface area (TPSA) is 123 Å². The fourth-order valence-corrected chi connectivity index (χ4v) is 8.23. The molecule has 0 fully saturated rings. The molecular formula is C51H36F5N7O3SZn+2. The van der Waals surface area contributed by atoms with E-state index in [-0.39, 0.29) is 41.1 Å². The van der Waals surface area contributed by atoms with Crippen LogP contribution in [0.1, 0.15) is 28.3 Å². The Morgan fingerprint density at radius 3 is 1.06 bits per heavy atom. The van der Waals surface area contributed by atoms with Gasteiger partial charge in [-0.3, -0.25) is 0 Å². The van der Waals surface area contributed by atoms with Crippen LogP contribution in [0.3, 0.4) is 0 Å². The maximum Gasteiger partial charge on any atom is 2.00 e. The van der Waals surface area contributed by atoms with E-state index in [0.717, 1.165) is 27.8 Å². The van der Waals surface area contributed by atoms with Gasteiger partial charge in [0.1, 0.15) is 31.3 Å². The van der Waals surface area contributed by atoms with E-state index in [0.29, 0.717) is 44.8 Å². The summed E-state index contributed by atoms with van der Waals surface area (Å²) in [7, 11) is 1.42. The van der Waals surface area contributed by atoms with Crippen LogP contribution in [-0.2, 0) is 50.7 Å². The van der Waals surface area contributed by atoms with Crippen LogP contribution in [0, 0.1) is 36.0 Å². The van der Waals surface area contributed by atoms with Gasteiger partial charge in [-0.2, -0.15) is 0 Å². The van der Waals surface area contributed by atoms with Gasteiger partial charge in [0.15, 0.2) is 60.4 Å². The van der Waals surface area contributed by atoms with Crippen molar-refractivity contribution in [2.24, 2.45) is 21.1 Å². The van der Waals surface area contributed by atoms with Crippen molar-refractivity contribution in [3.8, 4) is 44.5 Å². The van der Waals surface area contributed by atoms with Crippen LogP contribution < -0.4 is 23.7 Å². The second-order valence-corrected chi connectivity index (χ2v) is 17.2. The van der Waals surface area contributed by atoms with E-state index in [2.05, 4.69) is 0 Å². The van der Waals surface area contributed by atoms with Crippen molar-refractivity contribution in [1.82, 2.24) is 19.9 Å². The predicted molar refractivity (Wildman–Crippen MR) is 241 cm³/mol. The van der Waals surface area contributed by atoms with Gasteiger partial charge in [-0.05, 0) is 82.3 Å². The van der Waals surface area contributed by atoms with Gasteiger partial charge in [0.2, 0.25) is 5.82 Å². The largest absolute Gasteiger partial charge is 2.00 e. The average molecular weight is 987 g/mol. The maximum absolute atomic E-state index is 15.8. The van der Waals surface area contributed by atoms with Gasteiger partial charge in [-0.25, -0.2) is 54.0 Å². The first kappa shape index (κ1) is 47.2. The van der Waals surface area contributed by atoms with Crippen LogP contribution in [0.5, 0.6) is 0 Å². The van der Waals surface area contributed by atoms with Crippen LogP contribution >= 0.6 is 0 Å². The van der Waals surface area contributed by atoms with Crippen LogP contribution in [0.2, 0.25) is 0 Å². The van der Waals surface area contributed by atoms with Gasteiger partial charge in [0.05, 0.1) is 33.2 Å². The summed E-state index contributed by atoms with van der Waals surface area (Å²) in [5.74, 6) is -10.4. The summed E-state index contributed by atoms with van der Waals surface area (Å²) in [4.78, 5) is 19.8. The van der Waals surface area contributed by atoms with Crippen molar-refractivity contribution in [2.75, 3.05) is 0 Å². The number of fused-ring (bicyclic) bond motifs is 8. The third-order valence-electron chi connectivity index (χ3n) is 11.2. The van der Waals surface area contributed by atoms with Crippen LogP contribution in [-0.4, -0.2) is 22.9 Å². The number of benzene rings is 2. The molecule has 8 aromatic rings. The van der Waals surface area contributed by atoms with E-state index in [1.807, 2.05) is 140 Å².